The van der Waals surface area contributed by atoms with Gasteiger partial charge in [0.15, 0.2) is 16.3 Å². The number of H-pyrrole nitrogens is 2. The first-order valence-corrected chi connectivity index (χ1v) is 6.80. The van der Waals surface area contributed by atoms with E-state index in [1.165, 1.54) is 18.1 Å². The first-order valence-electron chi connectivity index (χ1n) is 5.81. The van der Waals surface area contributed by atoms with E-state index < -0.39 is 0 Å². The average Bonchev–Trinajstić information content (AvgIpc) is 2.90. The van der Waals surface area contributed by atoms with E-state index >= 15 is 0 Å². The van der Waals surface area contributed by atoms with Crippen LogP contribution in [0.25, 0.3) is 11.2 Å². The molecule has 2 heterocycles. The summed E-state index contributed by atoms with van der Waals surface area (Å²) in [5.41, 5.74) is 2.29. The number of aromatic nitrogens is 4. The number of benzene rings is 1. The molecular weight excluding hydrogens is 274 g/mol. The van der Waals surface area contributed by atoms with Crippen LogP contribution in [0.15, 0.2) is 40.5 Å². The molecule has 1 aromatic carbocycles. The summed E-state index contributed by atoms with van der Waals surface area (Å²) in [5.74, 6) is 0.698. The Morgan fingerprint density at radius 2 is 2.10 bits per heavy atom. The molecule has 2 aromatic heterocycles. The van der Waals surface area contributed by atoms with E-state index in [0.29, 0.717) is 27.6 Å². The van der Waals surface area contributed by atoms with E-state index in [4.69, 9.17) is 5.26 Å². The van der Waals surface area contributed by atoms with Crippen molar-refractivity contribution in [2.24, 2.45) is 0 Å². The summed E-state index contributed by atoms with van der Waals surface area (Å²) >= 11 is 1.48. The Morgan fingerprint density at radius 3 is 2.80 bits per heavy atom. The fourth-order valence-corrected chi connectivity index (χ4v) is 2.54. The highest BCUT2D eigenvalue weighted by Gasteiger charge is 2.07. The standard InChI is InChI=1S/C13H9N5OS/c14-5-8-1-3-9(4-2-8)6-20-13-17-10-11(18-13)15-7-16-12(10)19/h1-4,7H,6H2,(H2,15,16,17,18,19). The van der Waals surface area contributed by atoms with Crippen LogP contribution in [-0.2, 0) is 5.75 Å². The molecule has 0 aliphatic carbocycles. The molecule has 0 bridgehead atoms. The summed E-state index contributed by atoms with van der Waals surface area (Å²) < 4.78 is 0. The molecule has 0 aliphatic heterocycles. The maximum Gasteiger partial charge on any atom is 0.276 e. The molecule has 0 fully saturated rings. The van der Waals surface area contributed by atoms with Crippen LogP contribution in [0, 0.1) is 11.3 Å². The first kappa shape index (κ1) is 12.4. The lowest BCUT2D eigenvalue weighted by Gasteiger charge is -1.98. The Bertz CT molecular complexity index is 844. The zero-order valence-corrected chi connectivity index (χ0v) is 11.1. The highest BCUT2D eigenvalue weighted by atomic mass is 32.2. The number of hydrogen-bond donors (Lipinski definition) is 2. The summed E-state index contributed by atoms with van der Waals surface area (Å²) in [6.45, 7) is 0. The van der Waals surface area contributed by atoms with Gasteiger partial charge in [-0.2, -0.15) is 5.26 Å². The predicted molar refractivity (Wildman–Crippen MR) is 75.2 cm³/mol. The van der Waals surface area contributed by atoms with Crippen molar-refractivity contribution >= 4 is 22.9 Å². The van der Waals surface area contributed by atoms with Gasteiger partial charge >= 0.3 is 0 Å². The molecule has 3 aromatic rings. The lowest BCUT2D eigenvalue weighted by molar-refractivity contribution is 1.07. The molecule has 0 unspecified atom stereocenters. The van der Waals surface area contributed by atoms with Gasteiger partial charge in [-0.1, -0.05) is 23.9 Å². The second-order valence-electron chi connectivity index (χ2n) is 4.07. The number of imidazole rings is 1. The van der Waals surface area contributed by atoms with Crippen LogP contribution >= 0.6 is 11.8 Å². The van der Waals surface area contributed by atoms with Crippen molar-refractivity contribution < 1.29 is 0 Å². The number of rotatable bonds is 3. The molecule has 0 atom stereocenters. The second-order valence-corrected chi connectivity index (χ2v) is 5.03. The molecule has 98 valence electrons. The summed E-state index contributed by atoms with van der Waals surface area (Å²) in [6, 6.07) is 9.44. The average molecular weight is 283 g/mol. The smallest absolute Gasteiger partial charge is 0.276 e. The van der Waals surface area contributed by atoms with Gasteiger partial charge in [0, 0.05) is 5.75 Å². The minimum absolute atomic E-state index is 0.229. The van der Waals surface area contributed by atoms with Crippen molar-refractivity contribution in [1.29, 1.82) is 5.26 Å². The number of fused-ring (bicyclic) bond motifs is 1. The highest BCUT2D eigenvalue weighted by molar-refractivity contribution is 7.98. The van der Waals surface area contributed by atoms with Crippen LogP contribution in [0.1, 0.15) is 11.1 Å². The molecule has 0 aliphatic rings. The number of aromatic amines is 2. The Labute approximate surface area is 117 Å². The summed E-state index contributed by atoms with van der Waals surface area (Å²) in [7, 11) is 0. The minimum atomic E-state index is -0.229. The summed E-state index contributed by atoms with van der Waals surface area (Å²) in [4.78, 5) is 25.2. The van der Waals surface area contributed by atoms with Gasteiger partial charge < -0.3 is 9.97 Å². The third-order valence-corrected chi connectivity index (χ3v) is 3.68. The lowest BCUT2D eigenvalue weighted by atomic mass is 10.2. The van der Waals surface area contributed by atoms with Crippen molar-refractivity contribution in [2.45, 2.75) is 10.9 Å². The number of nitrogens with one attached hydrogen (secondary N) is 2. The number of hydrogen-bond acceptors (Lipinski definition) is 5. The lowest BCUT2D eigenvalue weighted by Crippen LogP contribution is -2.05. The molecule has 2 N–H and O–H groups in total. The van der Waals surface area contributed by atoms with E-state index in [9.17, 15) is 4.79 Å². The van der Waals surface area contributed by atoms with E-state index in [0.717, 1.165) is 5.56 Å². The Balaban J connectivity index is 1.78. The minimum Gasteiger partial charge on any atom is -0.327 e. The summed E-state index contributed by atoms with van der Waals surface area (Å²) in [6.07, 6.45) is 1.33. The fraction of sp³-hybridized carbons (Fsp3) is 0.0769. The summed E-state index contributed by atoms with van der Waals surface area (Å²) in [5, 5.41) is 9.38. The Morgan fingerprint density at radius 1 is 1.30 bits per heavy atom. The van der Waals surface area contributed by atoms with Crippen molar-refractivity contribution in [3.63, 3.8) is 0 Å². The maximum absolute atomic E-state index is 11.5. The van der Waals surface area contributed by atoms with Gasteiger partial charge in [0.2, 0.25) is 0 Å². The number of nitriles is 1. The van der Waals surface area contributed by atoms with Crippen molar-refractivity contribution in [3.8, 4) is 6.07 Å². The topological polar surface area (TPSA) is 98.2 Å². The third kappa shape index (κ3) is 2.41. The molecule has 6 nitrogen and oxygen atoms in total. The van der Waals surface area contributed by atoms with E-state index in [1.54, 1.807) is 12.1 Å². The first-order chi connectivity index (χ1) is 9.76. The molecule has 3 rings (SSSR count). The zero-order chi connectivity index (χ0) is 13.9. The van der Waals surface area contributed by atoms with Crippen molar-refractivity contribution in [2.75, 3.05) is 0 Å². The van der Waals surface area contributed by atoms with Crippen LogP contribution in [0.4, 0.5) is 0 Å². The van der Waals surface area contributed by atoms with Gasteiger partial charge in [0.25, 0.3) is 5.56 Å². The molecule has 0 spiro atoms. The van der Waals surface area contributed by atoms with Crippen molar-refractivity contribution in [3.05, 3.63) is 52.1 Å². The van der Waals surface area contributed by atoms with Gasteiger partial charge in [-0.25, -0.2) is 9.97 Å². The Kier molecular flexibility index (Phi) is 3.23. The number of nitrogens with zero attached hydrogens (tertiary/aromatic N) is 3. The van der Waals surface area contributed by atoms with Gasteiger partial charge in [0.05, 0.1) is 18.0 Å². The fourth-order valence-electron chi connectivity index (χ4n) is 1.71. The van der Waals surface area contributed by atoms with Crippen LogP contribution in [-0.4, -0.2) is 19.9 Å². The molecule has 0 amide bonds. The second kappa shape index (κ2) is 5.19. The molecule has 7 heteroatoms. The van der Waals surface area contributed by atoms with Gasteiger partial charge in [0.1, 0.15) is 0 Å². The predicted octanol–water partition coefficient (Wildman–Crippen LogP) is 1.81. The molecule has 20 heavy (non-hydrogen) atoms. The molecular formula is C13H9N5OS. The largest absolute Gasteiger partial charge is 0.327 e. The van der Waals surface area contributed by atoms with Gasteiger partial charge in [-0.3, -0.25) is 4.79 Å². The van der Waals surface area contributed by atoms with Crippen LogP contribution < -0.4 is 5.56 Å². The molecule has 0 saturated carbocycles. The van der Waals surface area contributed by atoms with Crippen LogP contribution in [0.2, 0.25) is 0 Å². The highest BCUT2D eigenvalue weighted by Crippen LogP contribution is 2.21. The molecule has 0 radical (unpaired) electrons. The SMILES string of the molecule is N#Cc1ccc(CSc2nc3nc[nH]c(=O)c3[nH]2)cc1. The quantitative estimate of drug-likeness (QED) is 0.714. The van der Waals surface area contributed by atoms with E-state index in [-0.39, 0.29) is 5.56 Å². The normalized spacial score (nSPS) is 10.6. The van der Waals surface area contributed by atoms with Gasteiger partial charge in [-0.15, -0.1) is 0 Å². The third-order valence-electron chi connectivity index (χ3n) is 2.73. The van der Waals surface area contributed by atoms with Crippen LogP contribution in [0.3, 0.4) is 0 Å². The van der Waals surface area contributed by atoms with E-state index in [2.05, 4.69) is 26.0 Å². The number of thioether (sulfide) groups is 1. The maximum atomic E-state index is 11.5. The zero-order valence-electron chi connectivity index (χ0n) is 10.3. The van der Waals surface area contributed by atoms with Crippen molar-refractivity contribution in [1.82, 2.24) is 19.9 Å². The Hall–Kier alpha value is -2.59. The van der Waals surface area contributed by atoms with Crippen LogP contribution in [0.5, 0.6) is 0 Å². The molecule has 0 saturated heterocycles. The van der Waals surface area contributed by atoms with Gasteiger partial charge in [-0.05, 0) is 17.7 Å². The monoisotopic (exact) mass is 283 g/mol. The van der Waals surface area contributed by atoms with E-state index in [1.807, 2.05) is 12.1 Å².